The first kappa shape index (κ1) is 12.6. The molecule has 0 aliphatic heterocycles. The third-order valence-electron chi connectivity index (χ3n) is 3.37. The topological polar surface area (TPSA) is 72.9 Å². The highest BCUT2D eigenvalue weighted by Crippen LogP contribution is 2.20. The fourth-order valence-corrected chi connectivity index (χ4v) is 2.31. The number of hydrogen-bond acceptors (Lipinski definition) is 3. The molecule has 3 N–H and O–H groups in total. The number of benzene rings is 1. The van der Waals surface area contributed by atoms with E-state index >= 15 is 0 Å². The number of amides is 1. The summed E-state index contributed by atoms with van der Waals surface area (Å²) in [4.78, 5) is 16.1. The van der Waals surface area contributed by atoms with Crippen LogP contribution in [0.4, 0.5) is 5.69 Å². The molecule has 0 saturated carbocycles. The summed E-state index contributed by atoms with van der Waals surface area (Å²) in [6, 6.07) is 7.64. The van der Waals surface area contributed by atoms with Crippen LogP contribution in [-0.4, -0.2) is 21.5 Å². The molecule has 0 radical (unpaired) electrons. The zero-order chi connectivity index (χ0) is 13.9. The number of nitrogens with two attached hydrogens (primary N) is 1. The van der Waals surface area contributed by atoms with Crippen LogP contribution >= 0.6 is 0 Å². The third-order valence-corrected chi connectivity index (χ3v) is 3.37. The van der Waals surface area contributed by atoms with E-state index in [9.17, 15) is 4.79 Å². The molecule has 0 bridgehead atoms. The number of carbonyl (C=O) groups is 1. The smallest absolute Gasteiger partial charge is 0.231 e. The average molecular weight is 268 g/mol. The van der Waals surface area contributed by atoms with Crippen LogP contribution in [0, 0.1) is 5.92 Å². The lowest BCUT2D eigenvalue weighted by Gasteiger charge is -2.11. The van der Waals surface area contributed by atoms with Crippen LogP contribution in [0.2, 0.25) is 0 Å². The van der Waals surface area contributed by atoms with E-state index in [-0.39, 0.29) is 17.9 Å². The molecule has 3 rings (SSSR count). The van der Waals surface area contributed by atoms with Gasteiger partial charge in [-0.3, -0.25) is 4.79 Å². The van der Waals surface area contributed by atoms with Gasteiger partial charge < -0.3 is 15.6 Å². The normalized spacial score (nSPS) is 21.1. The van der Waals surface area contributed by atoms with Crippen molar-refractivity contribution in [2.24, 2.45) is 11.7 Å². The van der Waals surface area contributed by atoms with Crippen molar-refractivity contribution in [1.82, 2.24) is 9.55 Å². The van der Waals surface area contributed by atoms with Crippen LogP contribution in [0.1, 0.15) is 6.42 Å². The highest BCUT2D eigenvalue weighted by Gasteiger charge is 2.22. The monoisotopic (exact) mass is 268 g/mol. The van der Waals surface area contributed by atoms with Crippen LogP contribution in [0.15, 0.2) is 55.1 Å². The fraction of sp³-hybridized carbons (Fsp3) is 0.200. The SMILES string of the molecule is NC1C=CC(C(=O)Nc2cccc(-n3ccnc3)c2)C1. The molecule has 1 aliphatic carbocycles. The second kappa shape index (κ2) is 5.30. The number of carbonyl (C=O) groups excluding carboxylic acids is 1. The van der Waals surface area contributed by atoms with Gasteiger partial charge in [0.2, 0.25) is 5.91 Å². The molecule has 1 aromatic heterocycles. The Kier molecular flexibility index (Phi) is 3.35. The van der Waals surface area contributed by atoms with Crippen LogP contribution < -0.4 is 11.1 Å². The van der Waals surface area contributed by atoms with E-state index < -0.39 is 0 Å². The van der Waals surface area contributed by atoms with Crippen LogP contribution in [0.25, 0.3) is 5.69 Å². The van der Waals surface area contributed by atoms with Crippen molar-refractivity contribution in [3.8, 4) is 5.69 Å². The molecule has 1 aromatic carbocycles. The Bertz CT molecular complexity index is 633. The van der Waals surface area contributed by atoms with Crippen molar-refractivity contribution < 1.29 is 4.79 Å². The van der Waals surface area contributed by atoms with Gasteiger partial charge in [0.05, 0.1) is 12.2 Å². The minimum Gasteiger partial charge on any atom is -0.326 e. The van der Waals surface area contributed by atoms with Crippen LogP contribution in [-0.2, 0) is 4.79 Å². The lowest BCUT2D eigenvalue weighted by Crippen LogP contribution is -2.24. The van der Waals surface area contributed by atoms with E-state index in [0.29, 0.717) is 6.42 Å². The minimum atomic E-state index is -0.137. The molecular weight excluding hydrogens is 252 g/mol. The van der Waals surface area contributed by atoms with Gasteiger partial charge in [-0.1, -0.05) is 18.2 Å². The van der Waals surface area contributed by atoms with Crippen molar-refractivity contribution >= 4 is 11.6 Å². The second-order valence-electron chi connectivity index (χ2n) is 4.90. The van der Waals surface area contributed by atoms with Gasteiger partial charge in [-0.2, -0.15) is 0 Å². The molecule has 1 heterocycles. The summed E-state index contributed by atoms with van der Waals surface area (Å²) in [6.45, 7) is 0. The van der Waals surface area contributed by atoms with Gasteiger partial charge in [0.1, 0.15) is 0 Å². The van der Waals surface area contributed by atoms with Crippen molar-refractivity contribution in [2.45, 2.75) is 12.5 Å². The number of nitrogens with one attached hydrogen (secondary N) is 1. The molecule has 102 valence electrons. The Hall–Kier alpha value is -2.40. The largest absolute Gasteiger partial charge is 0.326 e. The standard InChI is InChI=1S/C15H16N4O/c16-12-5-4-11(8-12)15(20)18-13-2-1-3-14(9-13)19-7-6-17-10-19/h1-7,9-12H,8,16H2,(H,18,20). The molecule has 2 unspecified atom stereocenters. The van der Waals surface area contributed by atoms with Gasteiger partial charge in [0, 0.05) is 29.8 Å². The molecule has 20 heavy (non-hydrogen) atoms. The number of imidazole rings is 1. The van der Waals surface area contributed by atoms with Crippen molar-refractivity contribution in [3.05, 3.63) is 55.1 Å². The van der Waals surface area contributed by atoms with Crippen LogP contribution in [0.5, 0.6) is 0 Å². The Morgan fingerprint density at radius 1 is 1.40 bits per heavy atom. The van der Waals surface area contributed by atoms with Gasteiger partial charge in [0.25, 0.3) is 0 Å². The maximum Gasteiger partial charge on any atom is 0.231 e. The predicted molar refractivity (Wildman–Crippen MR) is 77.4 cm³/mol. The highest BCUT2D eigenvalue weighted by atomic mass is 16.1. The summed E-state index contributed by atoms with van der Waals surface area (Å²) in [5, 5.41) is 2.93. The van der Waals surface area contributed by atoms with E-state index in [4.69, 9.17) is 5.73 Å². The highest BCUT2D eigenvalue weighted by molar-refractivity contribution is 5.94. The zero-order valence-corrected chi connectivity index (χ0v) is 10.9. The summed E-state index contributed by atoms with van der Waals surface area (Å²) in [5.41, 5.74) is 7.50. The number of nitrogens with zero attached hydrogens (tertiary/aromatic N) is 2. The number of rotatable bonds is 3. The predicted octanol–water partition coefficient (Wildman–Crippen LogP) is 1.71. The van der Waals surface area contributed by atoms with Crippen molar-refractivity contribution in [1.29, 1.82) is 0 Å². The first-order valence-corrected chi connectivity index (χ1v) is 6.55. The van der Waals surface area contributed by atoms with Gasteiger partial charge in [-0.25, -0.2) is 4.98 Å². The second-order valence-corrected chi connectivity index (χ2v) is 4.90. The summed E-state index contributed by atoms with van der Waals surface area (Å²) >= 11 is 0. The number of anilines is 1. The summed E-state index contributed by atoms with van der Waals surface area (Å²) in [6.07, 6.45) is 9.73. The Morgan fingerprint density at radius 3 is 3.00 bits per heavy atom. The molecule has 0 saturated heterocycles. The molecule has 1 aliphatic rings. The molecule has 5 heteroatoms. The molecule has 0 spiro atoms. The van der Waals surface area contributed by atoms with Gasteiger partial charge in [-0.05, 0) is 24.6 Å². The molecule has 1 amide bonds. The molecular formula is C15H16N4O. The lowest BCUT2D eigenvalue weighted by molar-refractivity contribution is -0.118. The molecule has 0 fully saturated rings. The van der Waals surface area contributed by atoms with Crippen molar-refractivity contribution in [2.75, 3.05) is 5.32 Å². The van der Waals surface area contributed by atoms with E-state index in [2.05, 4.69) is 10.3 Å². The molecule has 2 atom stereocenters. The van der Waals surface area contributed by atoms with Gasteiger partial charge in [-0.15, -0.1) is 0 Å². The van der Waals surface area contributed by atoms with Crippen LogP contribution in [0.3, 0.4) is 0 Å². The van der Waals surface area contributed by atoms with E-state index in [1.54, 1.807) is 12.5 Å². The van der Waals surface area contributed by atoms with Gasteiger partial charge >= 0.3 is 0 Å². The zero-order valence-electron chi connectivity index (χ0n) is 10.9. The summed E-state index contributed by atoms with van der Waals surface area (Å²) in [7, 11) is 0. The average Bonchev–Trinajstić information content (AvgIpc) is 3.10. The molecule has 2 aromatic rings. The maximum absolute atomic E-state index is 12.1. The third kappa shape index (κ3) is 2.62. The quantitative estimate of drug-likeness (QED) is 0.832. The number of aromatic nitrogens is 2. The number of hydrogen-bond donors (Lipinski definition) is 2. The van der Waals surface area contributed by atoms with E-state index in [1.807, 2.05) is 47.2 Å². The van der Waals surface area contributed by atoms with E-state index in [1.165, 1.54) is 0 Å². The van der Waals surface area contributed by atoms with Gasteiger partial charge in [0.15, 0.2) is 0 Å². The molecule has 5 nitrogen and oxygen atoms in total. The Morgan fingerprint density at radius 2 is 2.30 bits per heavy atom. The maximum atomic E-state index is 12.1. The first-order valence-electron chi connectivity index (χ1n) is 6.55. The lowest BCUT2D eigenvalue weighted by atomic mass is 10.1. The van der Waals surface area contributed by atoms with E-state index in [0.717, 1.165) is 11.4 Å². The first-order chi connectivity index (χ1) is 9.72. The fourth-order valence-electron chi connectivity index (χ4n) is 2.31. The Labute approximate surface area is 117 Å². The summed E-state index contributed by atoms with van der Waals surface area (Å²) in [5.74, 6) is -0.154. The van der Waals surface area contributed by atoms with Crippen molar-refractivity contribution in [3.63, 3.8) is 0 Å². The summed E-state index contributed by atoms with van der Waals surface area (Å²) < 4.78 is 1.89. The Balaban J connectivity index is 1.73. The minimum absolute atomic E-state index is 0.0111.